The monoisotopic (exact) mass is 503 g/mol. The Morgan fingerprint density at radius 2 is 2.03 bits per heavy atom. The van der Waals surface area contributed by atoms with E-state index in [9.17, 15) is 17.6 Å². The molecule has 0 aromatic carbocycles. The van der Waals surface area contributed by atoms with Crippen molar-refractivity contribution in [2.75, 3.05) is 7.11 Å². The Morgan fingerprint density at radius 1 is 1.28 bits per heavy atom. The Balaban J connectivity index is 1.99. The van der Waals surface area contributed by atoms with Crippen LogP contribution in [0.3, 0.4) is 0 Å². The third-order valence-electron chi connectivity index (χ3n) is 5.70. The summed E-state index contributed by atoms with van der Waals surface area (Å²) in [6, 6.07) is 3.56. The number of halogens is 4. The van der Waals surface area contributed by atoms with E-state index in [4.69, 9.17) is 4.74 Å². The lowest BCUT2D eigenvalue weighted by atomic mass is 9.88. The van der Waals surface area contributed by atoms with Crippen LogP contribution in [-0.2, 0) is 0 Å². The van der Waals surface area contributed by atoms with Crippen molar-refractivity contribution in [2.24, 2.45) is 0 Å². The van der Waals surface area contributed by atoms with E-state index in [0.717, 1.165) is 18.2 Å². The number of nitrogens with zero attached hydrogens (tertiary/aromatic N) is 4. The highest BCUT2D eigenvalue weighted by atomic mass is 19.4. The maximum atomic E-state index is 13.8. The second kappa shape index (κ2) is 11.4. The minimum atomic E-state index is -4.77. The lowest BCUT2D eigenvalue weighted by molar-refractivity contribution is -0.0899. The van der Waals surface area contributed by atoms with Crippen LogP contribution >= 0.6 is 0 Å². The fraction of sp³-hybridized carbons (Fsp3) is 0.346. The number of allylic oxidation sites excluding steroid dienone is 5. The highest BCUT2D eigenvalue weighted by Crippen LogP contribution is 2.40. The Hall–Kier alpha value is -3.69. The predicted molar refractivity (Wildman–Crippen MR) is 131 cm³/mol. The first-order valence-corrected chi connectivity index (χ1v) is 11.5. The van der Waals surface area contributed by atoms with Crippen LogP contribution in [0.1, 0.15) is 50.5 Å². The highest BCUT2D eigenvalue weighted by Gasteiger charge is 2.38. The molecule has 192 valence electrons. The van der Waals surface area contributed by atoms with Crippen molar-refractivity contribution in [1.29, 1.82) is 0 Å². The molecule has 0 saturated carbocycles. The molecule has 0 bridgehead atoms. The number of aryl methyl sites for hydroxylation is 1. The summed E-state index contributed by atoms with van der Waals surface area (Å²) >= 11 is 0. The van der Waals surface area contributed by atoms with Gasteiger partial charge in [-0.1, -0.05) is 32.4 Å². The number of ether oxygens (including phenoxy) is 1. The van der Waals surface area contributed by atoms with Gasteiger partial charge in [-0.05, 0) is 44.1 Å². The molecule has 0 unspecified atom stereocenters. The van der Waals surface area contributed by atoms with Crippen LogP contribution in [0.25, 0.3) is 17.1 Å². The number of imidazole rings is 2. The van der Waals surface area contributed by atoms with Crippen LogP contribution in [-0.4, -0.2) is 37.8 Å². The summed E-state index contributed by atoms with van der Waals surface area (Å²) in [6.07, 6.45) is 3.44. The quantitative estimate of drug-likeness (QED) is 0.235. The number of nitrogens with one attached hydrogen (secondary N) is 1. The smallest absolute Gasteiger partial charge is 0.416 e. The molecule has 3 aromatic heterocycles. The Bertz CT molecular complexity index is 1270. The molecule has 1 N–H and O–H groups in total. The van der Waals surface area contributed by atoms with Gasteiger partial charge in [0.25, 0.3) is 0 Å². The number of hydrogen-bond acceptors (Lipinski definition) is 4. The van der Waals surface area contributed by atoms with Crippen molar-refractivity contribution in [2.45, 2.75) is 52.1 Å². The van der Waals surface area contributed by atoms with E-state index in [1.165, 1.54) is 20.2 Å². The lowest BCUT2D eigenvalue weighted by Gasteiger charge is -2.22. The number of unbranched alkanes of at least 4 members (excludes halogenated alkanes) is 1. The molecular weight excluding hydrogens is 474 g/mol. The number of rotatable bonds is 10. The van der Waals surface area contributed by atoms with Gasteiger partial charge in [-0.3, -0.25) is 0 Å². The molecule has 0 aliphatic heterocycles. The predicted octanol–water partition coefficient (Wildman–Crippen LogP) is 7.17. The molecule has 0 radical (unpaired) electrons. The third-order valence-corrected chi connectivity index (χ3v) is 5.70. The van der Waals surface area contributed by atoms with Gasteiger partial charge in [0, 0.05) is 12.1 Å². The van der Waals surface area contributed by atoms with E-state index in [1.807, 2.05) is 20.0 Å². The zero-order chi connectivity index (χ0) is 26.5. The SMILES string of the molecule is C=C(/C(=C\C(F)=C/C)C(F)(F)F)[C@@H](CCCC)c1ncc(-c2ccc(-n3cnc(C)c3)c(OC)n2)[nH]1. The highest BCUT2D eigenvalue weighted by molar-refractivity contribution is 5.58. The number of aromatic amines is 1. The van der Waals surface area contributed by atoms with Crippen molar-refractivity contribution < 1.29 is 22.3 Å². The molecule has 36 heavy (non-hydrogen) atoms. The number of H-pyrrole nitrogens is 1. The van der Waals surface area contributed by atoms with Crippen LogP contribution in [0.5, 0.6) is 5.88 Å². The Labute approximate surface area is 207 Å². The molecule has 6 nitrogen and oxygen atoms in total. The van der Waals surface area contributed by atoms with Gasteiger partial charge >= 0.3 is 6.18 Å². The van der Waals surface area contributed by atoms with Crippen LogP contribution in [0.2, 0.25) is 0 Å². The average molecular weight is 504 g/mol. The van der Waals surface area contributed by atoms with Gasteiger partial charge in [0.2, 0.25) is 5.88 Å². The zero-order valence-electron chi connectivity index (χ0n) is 20.7. The van der Waals surface area contributed by atoms with E-state index in [0.29, 0.717) is 47.7 Å². The van der Waals surface area contributed by atoms with Gasteiger partial charge in [-0.2, -0.15) is 13.2 Å². The summed E-state index contributed by atoms with van der Waals surface area (Å²) in [6.45, 7) is 8.84. The van der Waals surface area contributed by atoms with Gasteiger partial charge in [0.1, 0.15) is 17.3 Å². The number of aromatic nitrogens is 5. The summed E-state index contributed by atoms with van der Waals surface area (Å²) in [7, 11) is 1.50. The van der Waals surface area contributed by atoms with Crippen molar-refractivity contribution in [3.8, 4) is 23.0 Å². The fourth-order valence-electron chi connectivity index (χ4n) is 3.78. The maximum absolute atomic E-state index is 13.8. The minimum Gasteiger partial charge on any atom is -0.479 e. The van der Waals surface area contributed by atoms with Gasteiger partial charge in [-0.25, -0.2) is 19.3 Å². The Morgan fingerprint density at radius 3 is 2.61 bits per heavy atom. The van der Waals surface area contributed by atoms with E-state index in [2.05, 4.69) is 26.5 Å². The lowest BCUT2D eigenvalue weighted by Crippen LogP contribution is -2.18. The zero-order valence-corrected chi connectivity index (χ0v) is 20.7. The summed E-state index contributed by atoms with van der Waals surface area (Å²) in [5.74, 6) is -1.12. The average Bonchev–Trinajstić information content (AvgIpc) is 3.50. The summed E-state index contributed by atoms with van der Waals surface area (Å²) < 4.78 is 62.5. The molecule has 0 aliphatic rings. The minimum absolute atomic E-state index is 0.245. The molecule has 0 amide bonds. The standard InChI is InChI=1S/C26H29F4N5O/c1-6-8-9-19(17(4)20(26(28,29)30)12-18(27)7-2)24-31-13-22(33-24)21-10-11-23(25(34-21)36-5)35-14-16(3)32-15-35/h7,10-15,19H,4,6,8-9H2,1-3,5H3,(H,31,33)/b18-7+,20-12+/t19-/m1/s1. The van der Waals surface area contributed by atoms with Crippen LogP contribution in [0.15, 0.2) is 66.6 Å². The third kappa shape index (κ3) is 6.10. The second-order valence-corrected chi connectivity index (χ2v) is 8.28. The first kappa shape index (κ1) is 26.9. The molecule has 3 aromatic rings. The van der Waals surface area contributed by atoms with Crippen LogP contribution in [0, 0.1) is 6.92 Å². The topological polar surface area (TPSA) is 68.6 Å². The first-order chi connectivity index (χ1) is 17.1. The van der Waals surface area contributed by atoms with Crippen molar-refractivity contribution in [3.05, 3.63) is 78.1 Å². The van der Waals surface area contributed by atoms with E-state index in [1.54, 1.807) is 23.0 Å². The fourth-order valence-corrected chi connectivity index (χ4v) is 3.78. The summed E-state index contributed by atoms with van der Waals surface area (Å²) in [5, 5.41) is 0. The molecule has 10 heteroatoms. The number of pyridine rings is 1. The molecule has 0 aliphatic carbocycles. The van der Waals surface area contributed by atoms with Gasteiger partial charge < -0.3 is 14.3 Å². The normalized spacial score (nSPS) is 13.7. The van der Waals surface area contributed by atoms with E-state index in [-0.39, 0.29) is 5.57 Å². The molecular formula is C26H29F4N5O. The van der Waals surface area contributed by atoms with Gasteiger partial charge in [-0.15, -0.1) is 0 Å². The van der Waals surface area contributed by atoms with Crippen molar-refractivity contribution in [3.63, 3.8) is 0 Å². The molecule has 0 spiro atoms. The molecule has 0 fully saturated rings. The van der Waals surface area contributed by atoms with E-state index >= 15 is 0 Å². The van der Waals surface area contributed by atoms with Crippen molar-refractivity contribution in [1.82, 2.24) is 24.5 Å². The summed E-state index contributed by atoms with van der Waals surface area (Å²) in [5.41, 5.74) is 1.16. The molecule has 3 rings (SSSR count). The maximum Gasteiger partial charge on any atom is 0.416 e. The number of alkyl halides is 3. The van der Waals surface area contributed by atoms with Gasteiger partial charge in [0.15, 0.2) is 0 Å². The molecule has 0 saturated heterocycles. The molecule has 1 atom stereocenters. The van der Waals surface area contributed by atoms with Crippen molar-refractivity contribution >= 4 is 0 Å². The van der Waals surface area contributed by atoms with Crippen LogP contribution in [0.4, 0.5) is 17.6 Å². The Kier molecular flexibility index (Phi) is 8.49. The second-order valence-electron chi connectivity index (χ2n) is 8.28. The number of hydrogen-bond donors (Lipinski definition) is 1. The van der Waals surface area contributed by atoms with Crippen LogP contribution < -0.4 is 4.74 Å². The van der Waals surface area contributed by atoms with E-state index < -0.39 is 23.5 Å². The molecule has 3 heterocycles. The number of methoxy groups -OCH3 is 1. The largest absolute Gasteiger partial charge is 0.479 e. The first-order valence-electron chi connectivity index (χ1n) is 11.5. The van der Waals surface area contributed by atoms with Gasteiger partial charge in [0.05, 0.1) is 42.3 Å². The summed E-state index contributed by atoms with van der Waals surface area (Å²) in [4.78, 5) is 16.2.